The van der Waals surface area contributed by atoms with E-state index in [1.807, 2.05) is 42.2 Å². The molecule has 0 spiro atoms. The predicted molar refractivity (Wildman–Crippen MR) is 103 cm³/mol. The van der Waals surface area contributed by atoms with Gasteiger partial charge in [0.2, 0.25) is 0 Å². The van der Waals surface area contributed by atoms with Gasteiger partial charge < -0.3 is 14.7 Å². The minimum Gasteiger partial charge on any atom is -0.493 e. The van der Waals surface area contributed by atoms with E-state index in [-0.39, 0.29) is 5.91 Å². The monoisotopic (exact) mass is 367 g/mol. The van der Waals surface area contributed by atoms with Gasteiger partial charge in [0.1, 0.15) is 5.75 Å². The van der Waals surface area contributed by atoms with Crippen LogP contribution in [-0.4, -0.2) is 41.6 Å². The van der Waals surface area contributed by atoms with Gasteiger partial charge >= 0.3 is 5.97 Å². The van der Waals surface area contributed by atoms with Crippen molar-refractivity contribution in [2.45, 2.75) is 26.2 Å². The highest BCUT2D eigenvalue weighted by Gasteiger charge is 2.28. The van der Waals surface area contributed by atoms with E-state index in [2.05, 4.69) is 0 Å². The van der Waals surface area contributed by atoms with Crippen molar-refractivity contribution in [1.29, 1.82) is 0 Å². The van der Waals surface area contributed by atoms with E-state index in [0.717, 1.165) is 24.8 Å². The molecule has 1 aliphatic rings. The first kappa shape index (κ1) is 19.0. The Morgan fingerprint density at radius 2 is 2.00 bits per heavy atom. The number of nitrogens with zero attached hydrogens (tertiary/aromatic N) is 1. The zero-order valence-electron chi connectivity index (χ0n) is 15.6. The molecular weight excluding hydrogens is 342 g/mol. The van der Waals surface area contributed by atoms with Gasteiger partial charge in [0.05, 0.1) is 17.7 Å². The highest BCUT2D eigenvalue weighted by atomic mass is 16.5. The molecule has 27 heavy (non-hydrogen) atoms. The Bertz CT molecular complexity index is 817. The normalized spacial score (nSPS) is 16.3. The van der Waals surface area contributed by atoms with Gasteiger partial charge in [0, 0.05) is 13.1 Å². The molecule has 2 aromatic rings. The first-order valence-corrected chi connectivity index (χ1v) is 9.41. The number of rotatable bonds is 7. The maximum atomic E-state index is 12.9. The maximum Gasteiger partial charge on any atom is 0.335 e. The lowest BCUT2D eigenvalue weighted by molar-refractivity contribution is 0.0696. The fraction of sp³-hybridized carbons (Fsp3) is 0.364. The second kappa shape index (κ2) is 8.71. The minimum atomic E-state index is -0.913. The smallest absolute Gasteiger partial charge is 0.335 e. The van der Waals surface area contributed by atoms with Crippen molar-refractivity contribution in [1.82, 2.24) is 4.90 Å². The second-order valence-electron chi connectivity index (χ2n) is 6.96. The molecule has 1 N–H and O–H groups in total. The molecular formula is C22H25NO4. The van der Waals surface area contributed by atoms with Gasteiger partial charge in [-0.25, -0.2) is 4.79 Å². The highest BCUT2D eigenvalue weighted by Crippen LogP contribution is 2.26. The van der Waals surface area contributed by atoms with Gasteiger partial charge in [-0.05, 0) is 55.0 Å². The SMILES string of the molecule is CCCOc1ccccc1C(=O)N1CCC(Cc2cccc(C(=O)O)c2)C1. The fourth-order valence-electron chi connectivity index (χ4n) is 3.50. The summed E-state index contributed by atoms with van der Waals surface area (Å²) >= 11 is 0. The second-order valence-corrected chi connectivity index (χ2v) is 6.96. The van der Waals surface area contributed by atoms with Crippen LogP contribution in [0.1, 0.15) is 46.0 Å². The highest BCUT2D eigenvalue weighted by molar-refractivity contribution is 5.97. The number of carboxylic acids is 1. The molecule has 1 atom stereocenters. The van der Waals surface area contributed by atoms with Gasteiger partial charge in [-0.2, -0.15) is 0 Å². The largest absolute Gasteiger partial charge is 0.493 e. The van der Waals surface area contributed by atoms with Crippen LogP contribution in [-0.2, 0) is 6.42 Å². The summed E-state index contributed by atoms with van der Waals surface area (Å²) in [6, 6.07) is 14.4. The number of hydrogen-bond donors (Lipinski definition) is 1. The maximum absolute atomic E-state index is 12.9. The summed E-state index contributed by atoms with van der Waals surface area (Å²) < 4.78 is 5.72. The van der Waals surface area contributed by atoms with E-state index in [9.17, 15) is 9.59 Å². The number of amides is 1. The third-order valence-corrected chi connectivity index (χ3v) is 4.85. The number of benzene rings is 2. The number of likely N-dealkylation sites (tertiary alicyclic amines) is 1. The van der Waals surface area contributed by atoms with E-state index in [0.29, 0.717) is 42.5 Å². The number of aromatic carboxylic acids is 1. The summed E-state index contributed by atoms with van der Waals surface area (Å²) in [4.78, 5) is 25.9. The van der Waals surface area contributed by atoms with Gasteiger partial charge in [0.25, 0.3) is 5.91 Å². The van der Waals surface area contributed by atoms with Crippen LogP contribution >= 0.6 is 0 Å². The van der Waals surface area contributed by atoms with Crippen molar-refractivity contribution >= 4 is 11.9 Å². The van der Waals surface area contributed by atoms with Crippen LogP contribution in [0.5, 0.6) is 5.75 Å². The first-order valence-electron chi connectivity index (χ1n) is 9.41. The average Bonchev–Trinajstić information content (AvgIpc) is 3.14. The van der Waals surface area contributed by atoms with Crippen LogP contribution < -0.4 is 4.74 Å². The molecule has 0 saturated carbocycles. The Hall–Kier alpha value is -2.82. The van der Waals surface area contributed by atoms with E-state index in [1.54, 1.807) is 18.2 Å². The lowest BCUT2D eigenvalue weighted by atomic mass is 9.97. The van der Waals surface area contributed by atoms with E-state index < -0.39 is 5.97 Å². The van der Waals surface area contributed by atoms with Crippen LogP contribution in [0.2, 0.25) is 0 Å². The third-order valence-electron chi connectivity index (χ3n) is 4.85. The fourth-order valence-corrected chi connectivity index (χ4v) is 3.50. The molecule has 3 rings (SSSR count). The minimum absolute atomic E-state index is 0.00323. The number of ether oxygens (including phenoxy) is 1. The van der Waals surface area contributed by atoms with E-state index in [1.165, 1.54) is 0 Å². The Morgan fingerprint density at radius 1 is 1.19 bits per heavy atom. The molecule has 2 aromatic carbocycles. The Kier molecular flexibility index (Phi) is 6.12. The molecule has 1 saturated heterocycles. The average molecular weight is 367 g/mol. The summed E-state index contributed by atoms with van der Waals surface area (Å²) in [7, 11) is 0. The molecule has 0 radical (unpaired) electrons. The number of para-hydroxylation sites is 1. The summed E-state index contributed by atoms with van der Waals surface area (Å²) in [6.45, 7) is 4.02. The molecule has 1 aliphatic heterocycles. The Morgan fingerprint density at radius 3 is 2.78 bits per heavy atom. The molecule has 1 heterocycles. The number of carboxylic acid groups (broad SMARTS) is 1. The summed E-state index contributed by atoms with van der Waals surface area (Å²) in [5.74, 6) is 0.0657. The summed E-state index contributed by atoms with van der Waals surface area (Å²) in [5, 5.41) is 9.13. The number of carbonyl (C=O) groups excluding carboxylic acids is 1. The van der Waals surface area contributed by atoms with Gasteiger partial charge in [0.15, 0.2) is 0 Å². The van der Waals surface area contributed by atoms with Gasteiger partial charge in [-0.1, -0.05) is 31.2 Å². The third kappa shape index (κ3) is 4.67. The van der Waals surface area contributed by atoms with Gasteiger partial charge in [-0.3, -0.25) is 4.79 Å². The van der Waals surface area contributed by atoms with Crippen LogP contribution in [0.3, 0.4) is 0 Å². The Balaban J connectivity index is 1.65. The van der Waals surface area contributed by atoms with Crippen molar-refractivity contribution in [2.75, 3.05) is 19.7 Å². The number of hydrogen-bond acceptors (Lipinski definition) is 3. The molecule has 1 fully saturated rings. The van der Waals surface area contributed by atoms with Crippen molar-refractivity contribution in [2.24, 2.45) is 5.92 Å². The predicted octanol–water partition coefficient (Wildman–Crippen LogP) is 3.88. The standard InChI is InChI=1S/C22H25NO4/c1-2-12-27-20-9-4-3-8-19(20)21(24)23-11-10-17(15-23)13-16-6-5-7-18(14-16)22(25)26/h3-9,14,17H,2,10-13,15H2,1H3,(H,25,26). The van der Waals surface area contributed by atoms with E-state index in [4.69, 9.17) is 9.84 Å². The molecule has 0 aromatic heterocycles. The lowest BCUT2D eigenvalue weighted by Crippen LogP contribution is -2.29. The molecule has 142 valence electrons. The quantitative estimate of drug-likeness (QED) is 0.806. The molecule has 5 heteroatoms. The summed E-state index contributed by atoms with van der Waals surface area (Å²) in [6.07, 6.45) is 2.59. The van der Waals surface area contributed by atoms with Crippen LogP contribution in [0.25, 0.3) is 0 Å². The molecule has 1 unspecified atom stereocenters. The topological polar surface area (TPSA) is 66.8 Å². The molecule has 5 nitrogen and oxygen atoms in total. The van der Waals surface area contributed by atoms with Crippen LogP contribution in [0, 0.1) is 5.92 Å². The van der Waals surface area contributed by atoms with Crippen molar-refractivity contribution < 1.29 is 19.4 Å². The van der Waals surface area contributed by atoms with Crippen molar-refractivity contribution in [3.63, 3.8) is 0 Å². The van der Waals surface area contributed by atoms with Crippen molar-refractivity contribution in [3.05, 3.63) is 65.2 Å². The zero-order valence-corrected chi connectivity index (χ0v) is 15.6. The van der Waals surface area contributed by atoms with E-state index >= 15 is 0 Å². The number of carbonyl (C=O) groups is 2. The van der Waals surface area contributed by atoms with Crippen LogP contribution in [0.15, 0.2) is 48.5 Å². The first-order chi connectivity index (χ1) is 13.1. The molecule has 0 aliphatic carbocycles. The molecule has 1 amide bonds. The summed E-state index contributed by atoms with van der Waals surface area (Å²) in [5.41, 5.74) is 1.92. The Labute approximate surface area is 159 Å². The zero-order chi connectivity index (χ0) is 19.2. The lowest BCUT2D eigenvalue weighted by Gasteiger charge is -2.19. The molecule has 0 bridgehead atoms. The van der Waals surface area contributed by atoms with Crippen molar-refractivity contribution in [3.8, 4) is 5.75 Å². The van der Waals surface area contributed by atoms with Gasteiger partial charge in [-0.15, -0.1) is 0 Å². The van der Waals surface area contributed by atoms with Crippen LogP contribution in [0.4, 0.5) is 0 Å².